The Morgan fingerprint density at radius 1 is 1.43 bits per heavy atom. The van der Waals surface area contributed by atoms with Crippen molar-refractivity contribution in [1.29, 1.82) is 0 Å². The van der Waals surface area contributed by atoms with Crippen LogP contribution in [0.25, 0.3) is 0 Å². The Balaban J connectivity index is 1.98. The number of hydrogen-bond donors (Lipinski definition) is 1. The maximum atomic E-state index is 5.61. The van der Waals surface area contributed by atoms with Crippen LogP contribution in [-0.2, 0) is 6.54 Å². The fourth-order valence-corrected chi connectivity index (χ4v) is 1.09. The van der Waals surface area contributed by atoms with Crippen LogP contribution < -0.4 is 5.32 Å². The first-order chi connectivity index (χ1) is 6.84. The summed E-state index contributed by atoms with van der Waals surface area (Å²) in [5.41, 5.74) is 0.805. The summed E-state index contributed by atoms with van der Waals surface area (Å²) < 4.78 is 4.68. The fourth-order valence-electron chi connectivity index (χ4n) is 0.943. The number of nitrogens with zero attached hydrogens (tertiary/aromatic N) is 3. The van der Waals surface area contributed by atoms with Gasteiger partial charge in [0.1, 0.15) is 17.8 Å². The van der Waals surface area contributed by atoms with Gasteiger partial charge in [-0.15, -0.1) is 0 Å². The predicted octanol–water partition coefficient (Wildman–Crippen LogP) is 1.73. The molecule has 0 atom stereocenters. The zero-order chi connectivity index (χ0) is 9.80. The average Bonchev–Trinajstić information content (AvgIpc) is 2.67. The lowest BCUT2D eigenvalue weighted by molar-refractivity contribution is 0.412. The minimum absolute atomic E-state index is 0.218. The summed E-state index contributed by atoms with van der Waals surface area (Å²) in [6, 6.07) is 3.50. The Bertz CT molecular complexity index is 403. The highest BCUT2D eigenvalue weighted by atomic mass is 35.5. The van der Waals surface area contributed by atoms with E-state index in [1.54, 1.807) is 18.3 Å². The molecule has 0 aromatic carbocycles. The molecule has 0 amide bonds. The molecule has 0 saturated carbocycles. The molecule has 0 spiro atoms. The van der Waals surface area contributed by atoms with E-state index in [-0.39, 0.29) is 5.28 Å². The number of aromatic nitrogens is 3. The van der Waals surface area contributed by atoms with Gasteiger partial charge in [0.05, 0.1) is 6.54 Å². The molecule has 14 heavy (non-hydrogen) atoms. The van der Waals surface area contributed by atoms with E-state index in [2.05, 4.69) is 25.0 Å². The average molecular weight is 211 g/mol. The van der Waals surface area contributed by atoms with Gasteiger partial charge in [0.15, 0.2) is 0 Å². The molecule has 2 aromatic rings. The van der Waals surface area contributed by atoms with Gasteiger partial charge in [-0.25, -0.2) is 9.97 Å². The first kappa shape index (κ1) is 8.96. The summed E-state index contributed by atoms with van der Waals surface area (Å²) >= 11 is 5.61. The molecule has 0 aliphatic heterocycles. The number of rotatable bonds is 3. The van der Waals surface area contributed by atoms with Crippen LogP contribution in [0, 0.1) is 0 Å². The molecule has 6 heteroatoms. The summed E-state index contributed by atoms with van der Waals surface area (Å²) in [5, 5.41) is 6.99. The van der Waals surface area contributed by atoms with Crippen molar-refractivity contribution in [3.63, 3.8) is 0 Å². The molecular weight excluding hydrogens is 204 g/mol. The third-order valence-electron chi connectivity index (χ3n) is 1.57. The lowest BCUT2D eigenvalue weighted by atomic mass is 10.4. The van der Waals surface area contributed by atoms with Crippen LogP contribution in [-0.4, -0.2) is 15.1 Å². The Morgan fingerprint density at radius 3 is 3.07 bits per heavy atom. The predicted molar refractivity (Wildman–Crippen MR) is 50.9 cm³/mol. The van der Waals surface area contributed by atoms with Crippen molar-refractivity contribution in [2.24, 2.45) is 0 Å². The normalized spacial score (nSPS) is 10.1. The SMILES string of the molecule is Clc1nccc(NCc2ccon2)n1. The van der Waals surface area contributed by atoms with Gasteiger partial charge in [-0.3, -0.25) is 0 Å². The van der Waals surface area contributed by atoms with Crippen LogP contribution in [0.4, 0.5) is 5.82 Å². The van der Waals surface area contributed by atoms with Gasteiger partial charge in [0.2, 0.25) is 5.28 Å². The van der Waals surface area contributed by atoms with Gasteiger partial charge in [-0.1, -0.05) is 5.16 Å². The van der Waals surface area contributed by atoms with Gasteiger partial charge in [-0.05, 0) is 17.7 Å². The second-order valence-electron chi connectivity index (χ2n) is 2.56. The van der Waals surface area contributed by atoms with Crippen molar-refractivity contribution < 1.29 is 4.52 Å². The highest BCUT2D eigenvalue weighted by molar-refractivity contribution is 6.28. The zero-order valence-corrected chi connectivity index (χ0v) is 7.90. The van der Waals surface area contributed by atoms with Gasteiger partial charge >= 0.3 is 0 Å². The highest BCUT2D eigenvalue weighted by Gasteiger charge is 1.98. The smallest absolute Gasteiger partial charge is 0.224 e. The molecule has 1 N–H and O–H groups in total. The Labute approximate surface area is 85.1 Å². The summed E-state index contributed by atoms with van der Waals surface area (Å²) in [5.74, 6) is 0.660. The van der Waals surface area contributed by atoms with Crippen molar-refractivity contribution in [2.45, 2.75) is 6.54 Å². The van der Waals surface area contributed by atoms with E-state index in [9.17, 15) is 0 Å². The lowest BCUT2D eigenvalue weighted by Gasteiger charge is -2.01. The van der Waals surface area contributed by atoms with Gasteiger partial charge in [0.25, 0.3) is 0 Å². The Hall–Kier alpha value is -1.62. The van der Waals surface area contributed by atoms with Crippen LogP contribution in [0.15, 0.2) is 29.1 Å². The van der Waals surface area contributed by atoms with Crippen molar-refractivity contribution in [3.05, 3.63) is 35.6 Å². The van der Waals surface area contributed by atoms with E-state index in [4.69, 9.17) is 11.6 Å². The molecule has 0 unspecified atom stereocenters. The van der Waals surface area contributed by atoms with Crippen LogP contribution in [0.1, 0.15) is 5.69 Å². The molecule has 0 radical (unpaired) electrons. The van der Waals surface area contributed by atoms with Crippen molar-refractivity contribution in [2.75, 3.05) is 5.32 Å². The molecule has 0 aliphatic carbocycles. The van der Waals surface area contributed by atoms with E-state index in [1.807, 2.05) is 0 Å². The van der Waals surface area contributed by atoms with Crippen molar-refractivity contribution >= 4 is 17.4 Å². The van der Waals surface area contributed by atoms with E-state index in [0.717, 1.165) is 5.69 Å². The van der Waals surface area contributed by atoms with Crippen LogP contribution in [0.2, 0.25) is 5.28 Å². The summed E-state index contributed by atoms with van der Waals surface area (Å²) in [4.78, 5) is 7.72. The van der Waals surface area contributed by atoms with Gasteiger partial charge in [0, 0.05) is 12.3 Å². The van der Waals surface area contributed by atoms with Crippen LogP contribution in [0.5, 0.6) is 0 Å². The first-order valence-corrected chi connectivity index (χ1v) is 4.34. The quantitative estimate of drug-likeness (QED) is 0.782. The molecule has 5 nitrogen and oxygen atoms in total. The molecule has 72 valence electrons. The number of nitrogens with one attached hydrogen (secondary N) is 1. The van der Waals surface area contributed by atoms with Crippen LogP contribution >= 0.6 is 11.6 Å². The summed E-state index contributed by atoms with van der Waals surface area (Å²) in [6.07, 6.45) is 3.10. The van der Waals surface area contributed by atoms with E-state index < -0.39 is 0 Å². The second kappa shape index (κ2) is 4.06. The van der Waals surface area contributed by atoms with E-state index >= 15 is 0 Å². The maximum absolute atomic E-state index is 5.61. The molecule has 2 rings (SSSR count). The monoisotopic (exact) mass is 210 g/mol. The zero-order valence-electron chi connectivity index (χ0n) is 7.14. The molecule has 2 heterocycles. The minimum atomic E-state index is 0.218. The number of hydrogen-bond acceptors (Lipinski definition) is 5. The summed E-state index contributed by atoms with van der Waals surface area (Å²) in [7, 11) is 0. The second-order valence-corrected chi connectivity index (χ2v) is 2.89. The Morgan fingerprint density at radius 2 is 2.36 bits per heavy atom. The molecule has 0 bridgehead atoms. The first-order valence-electron chi connectivity index (χ1n) is 3.96. The third-order valence-corrected chi connectivity index (χ3v) is 1.75. The third kappa shape index (κ3) is 2.20. The molecular formula is C8H7ClN4O. The lowest BCUT2D eigenvalue weighted by Crippen LogP contribution is -2.01. The van der Waals surface area contributed by atoms with Crippen LogP contribution in [0.3, 0.4) is 0 Å². The van der Waals surface area contributed by atoms with Gasteiger partial charge in [-0.2, -0.15) is 0 Å². The number of anilines is 1. The van der Waals surface area contributed by atoms with Gasteiger partial charge < -0.3 is 9.84 Å². The molecule has 2 aromatic heterocycles. The van der Waals surface area contributed by atoms with E-state index in [0.29, 0.717) is 12.4 Å². The number of halogens is 1. The Kier molecular flexibility index (Phi) is 2.60. The molecule has 0 fully saturated rings. The van der Waals surface area contributed by atoms with Crippen molar-refractivity contribution in [3.8, 4) is 0 Å². The minimum Gasteiger partial charge on any atom is -0.364 e. The fraction of sp³-hybridized carbons (Fsp3) is 0.125. The summed E-state index contributed by atoms with van der Waals surface area (Å²) in [6.45, 7) is 0.545. The topological polar surface area (TPSA) is 63.8 Å². The standard InChI is InChI=1S/C8H7ClN4O/c9-8-10-3-1-7(12-8)11-5-6-2-4-14-13-6/h1-4H,5H2,(H,10,11,12). The molecule has 0 aliphatic rings. The molecule has 0 saturated heterocycles. The largest absolute Gasteiger partial charge is 0.364 e. The van der Waals surface area contributed by atoms with Crippen molar-refractivity contribution in [1.82, 2.24) is 15.1 Å². The van der Waals surface area contributed by atoms with E-state index in [1.165, 1.54) is 6.26 Å². The highest BCUT2D eigenvalue weighted by Crippen LogP contribution is 2.07. The maximum Gasteiger partial charge on any atom is 0.224 e.